The third kappa shape index (κ3) is 2.99. The lowest BCUT2D eigenvalue weighted by atomic mass is 10.2. The Bertz CT molecular complexity index is 664. The van der Waals surface area contributed by atoms with Gasteiger partial charge in [0.05, 0.1) is 17.1 Å². The van der Waals surface area contributed by atoms with Gasteiger partial charge < -0.3 is 15.7 Å². The molecule has 112 valence electrons. The van der Waals surface area contributed by atoms with E-state index in [9.17, 15) is 9.90 Å². The van der Waals surface area contributed by atoms with E-state index in [1.807, 2.05) is 20.8 Å². The number of phenolic OH excluding ortho intramolecular Hbond substituents is 1. The lowest BCUT2D eigenvalue weighted by molar-refractivity contribution is -0.119. The van der Waals surface area contributed by atoms with E-state index in [4.69, 9.17) is 5.73 Å². The largest absolute Gasteiger partial charge is 0.508 e. The molecule has 0 bridgehead atoms. The lowest BCUT2D eigenvalue weighted by Gasteiger charge is -2.21. The standard InChI is InChI=1S/C15H20N4O2/c1-4-18(12-6-5-7-13(20)8-12)14(21)9-19-11(3)15(16)10(2)17-19/h5-8,20H,4,9,16H2,1-3H3. The minimum Gasteiger partial charge on any atom is -0.508 e. The molecule has 1 aromatic heterocycles. The molecular weight excluding hydrogens is 268 g/mol. The molecule has 6 nitrogen and oxygen atoms in total. The van der Waals surface area contributed by atoms with Crippen molar-refractivity contribution >= 4 is 17.3 Å². The molecule has 0 fully saturated rings. The normalized spacial score (nSPS) is 10.6. The summed E-state index contributed by atoms with van der Waals surface area (Å²) in [5.41, 5.74) is 8.66. The Morgan fingerprint density at radius 2 is 2.14 bits per heavy atom. The van der Waals surface area contributed by atoms with Crippen molar-refractivity contribution in [1.82, 2.24) is 9.78 Å². The van der Waals surface area contributed by atoms with Crippen LogP contribution in [-0.4, -0.2) is 27.3 Å². The summed E-state index contributed by atoms with van der Waals surface area (Å²) in [7, 11) is 0. The molecule has 0 aliphatic carbocycles. The molecule has 0 saturated heterocycles. The molecule has 0 unspecified atom stereocenters. The van der Waals surface area contributed by atoms with Crippen molar-refractivity contribution < 1.29 is 9.90 Å². The lowest BCUT2D eigenvalue weighted by Crippen LogP contribution is -2.34. The van der Waals surface area contributed by atoms with Crippen LogP contribution < -0.4 is 10.6 Å². The number of amides is 1. The number of carbonyl (C=O) groups is 1. The molecule has 1 aromatic carbocycles. The number of aromatic hydroxyl groups is 1. The Balaban J connectivity index is 2.23. The fourth-order valence-corrected chi connectivity index (χ4v) is 2.24. The molecule has 0 aliphatic heterocycles. The van der Waals surface area contributed by atoms with Crippen molar-refractivity contribution in [3.63, 3.8) is 0 Å². The molecule has 0 aliphatic rings. The zero-order valence-electron chi connectivity index (χ0n) is 12.5. The van der Waals surface area contributed by atoms with E-state index in [1.54, 1.807) is 33.8 Å². The molecular formula is C15H20N4O2. The van der Waals surface area contributed by atoms with Gasteiger partial charge in [-0.05, 0) is 32.9 Å². The van der Waals surface area contributed by atoms with Gasteiger partial charge >= 0.3 is 0 Å². The number of anilines is 2. The van der Waals surface area contributed by atoms with Crippen LogP contribution >= 0.6 is 0 Å². The van der Waals surface area contributed by atoms with Crippen LogP contribution in [0.1, 0.15) is 18.3 Å². The molecule has 2 aromatic rings. The van der Waals surface area contributed by atoms with Gasteiger partial charge in [-0.1, -0.05) is 6.07 Å². The second-order valence-corrected chi connectivity index (χ2v) is 4.90. The van der Waals surface area contributed by atoms with Crippen LogP contribution in [-0.2, 0) is 11.3 Å². The average Bonchev–Trinajstić information content (AvgIpc) is 2.67. The summed E-state index contributed by atoms with van der Waals surface area (Å²) in [5.74, 6) is 0.0304. The predicted octanol–water partition coefficient (Wildman–Crippen LogP) is 1.84. The number of carbonyl (C=O) groups excluding carboxylic acids is 1. The van der Waals surface area contributed by atoms with Crippen molar-refractivity contribution in [1.29, 1.82) is 0 Å². The van der Waals surface area contributed by atoms with Crippen LogP contribution in [0.25, 0.3) is 0 Å². The number of nitrogen functional groups attached to an aromatic ring is 1. The second kappa shape index (κ2) is 5.87. The van der Waals surface area contributed by atoms with Gasteiger partial charge in [-0.15, -0.1) is 0 Å². The van der Waals surface area contributed by atoms with Crippen molar-refractivity contribution in [2.45, 2.75) is 27.3 Å². The fourth-order valence-electron chi connectivity index (χ4n) is 2.24. The van der Waals surface area contributed by atoms with Gasteiger partial charge in [0.2, 0.25) is 5.91 Å². The van der Waals surface area contributed by atoms with E-state index in [0.29, 0.717) is 17.9 Å². The minimum atomic E-state index is -0.103. The number of phenols is 1. The van der Waals surface area contributed by atoms with E-state index in [-0.39, 0.29) is 18.2 Å². The number of rotatable bonds is 4. The van der Waals surface area contributed by atoms with Gasteiger partial charge in [-0.2, -0.15) is 5.10 Å². The first kappa shape index (κ1) is 14.9. The molecule has 1 heterocycles. The van der Waals surface area contributed by atoms with E-state index in [1.165, 1.54) is 0 Å². The monoisotopic (exact) mass is 288 g/mol. The Hall–Kier alpha value is -2.50. The highest BCUT2D eigenvalue weighted by molar-refractivity contribution is 5.93. The molecule has 3 N–H and O–H groups in total. The molecule has 0 atom stereocenters. The zero-order chi connectivity index (χ0) is 15.6. The maximum Gasteiger partial charge on any atom is 0.248 e. The molecule has 1 amide bonds. The van der Waals surface area contributed by atoms with E-state index < -0.39 is 0 Å². The Labute approximate surface area is 123 Å². The molecule has 2 rings (SSSR count). The third-order valence-corrected chi connectivity index (χ3v) is 3.48. The van der Waals surface area contributed by atoms with Crippen molar-refractivity contribution in [3.05, 3.63) is 35.7 Å². The van der Waals surface area contributed by atoms with Crippen LogP contribution in [0.5, 0.6) is 5.75 Å². The predicted molar refractivity (Wildman–Crippen MR) is 82.2 cm³/mol. The first-order chi connectivity index (χ1) is 9.93. The topological polar surface area (TPSA) is 84.4 Å². The smallest absolute Gasteiger partial charge is 0.248 e. The van der Waals surface area contributed by atoms with Crippen LogP contribution in [0.3, 0.4) is 0 Å². The minimum absolute atomic E-state index is 0.103. The molecule has 0 radical (unpaired) electrons. The van der Waals surface area contributed by atoms with Crippen LogP contribution in [0.15, 0.2) is 24.3 Å². The van der Waals surface area contributed by atoms with Gasteiger partial charge in [0.1, 0.15) is 12.3 Å². The highest BCUT2D eigenvalue weighted by atomic mass is 16.3. The highest BCUT2D eigenvalue weighted by Crippen LogP contribution is 2.21. The number of aryl methyl sites for hydroxylation is 1. The van der Waals surface area contributed by atoms with Crippen molar-refractivity contribution in [2.75, 3.05) is 17.2 Å². The Morgan fingerprint density at radius 1 is 1.43 bits per heavy atom. The molecule has 0 spiro atoms. The van der Waals surface area contributed by atoms with Crippen LogP contribution in [0.2, 0.25) is 0 Å². The summed E-state index contributed by atoms with van der Waals surface area (Å²) in [6.45, 7) is 6.17. The number of hydrogen-bond acceptors (Lipinski definition) is 4. The fraction of sp³-hybridized carbons (Fsp3) is 0.333. The van der Waals surface area contributed by atoms with Gasteiger partial charge in [0.25, 0.3) is 0 Å². The van der Waals surface area contributed by atoms with E-state index in [2.05, 4.69) is 5.10 Å². The van der Waals surface area contributed by atoms with Crippen LogP contribution in [0.4, 0.5) is 11.4 Å². The number of aromatic nitrogens is 2. The molecule has 21 heavy (non-hydrogen) atoms. The average molecular weight is 288 g/mol. The molecule has 0 saturated carbocycles. The summed E-state index contributed by atoms with van der Waals surface area (Å²) in [6.07, 6.45) is 0. The van der Waals surface area contributed by atoms with Gasteiger partial charge in [0, 0.05) is 18.3 Å². The number of benzene rings is 1. The maximum absolute atomic E-state index is 12.5. The van der Waals surface area contributed by atoms with E-state index in [0.717, 1.165) is 11.4 Å². The van der Waals surface area contributed by atoms with Crippen LogP contribution in [0, 0.1) is 13.8 Å². The first-order valence-corrected chi connectivity index (χ1v) is 6.83. The SMILES string of the molecule is CCN(C(=O)Cn1nc(C)c(N)c1C)c1cccc(O)c1. The summed E-state index contributed by atoms with van der Waals surface area (Å²) < 4.78 is 1.61. The van der Waals surface area contributed by atoms with Gasteiger partial charge in [-0.25, -0.2) is 0 Å². The quantitative estimate of drug-likeness (QED) is 0.899. The highest BCUT2D eigenvalue weighted by Gasteiger charge is 2.17. The number of nitrogens with two attached hydrogens (primary N) is 1. The van der Waals surface area contributed by atoms with Crippen molar-refractivity contribution in [3.8, 4) is 5.75 Å². The zero-order valence-corrected chi connectivity index (χ0v) is 12.5. The maximum atomic E-state index is 12.5. The van der Waals surface area contributed by atoms with E-state index >= 15 is 0 Å². The van der Waals surface area contributed by atoms with Gasteiger partial charge in [0.15, 0.2) is 0 Å². The second-order valence-electron chi connectivity index (χ2n) is 4.90. The first-order valence-electron chi connectivity index (χ1n) is 6.83. The number of likely N-dealkylation sites (N-methyl/N-ethyl adjacent to an activating group) is 1. The number of nitrogens with zero attached hydrogens (tertiary/aromatic N) is 3. The summed E-state index contributed by atoms with van der Waals surface area (Å²) in [6, 6.07) is 6.64. The third-order valence-electron chi connectivity index (χ3n) is 3.48. The summed E-state index contributed by atoms with van der Waals surface area (Å²) in [5, 5.41) is 13.8. The van der Waals surface area contributed by atoms with Crippen molar-refractivity contribution in [2.24, 2.45) is 0 Å². The molecule has 6 heteroatoms. The van der Waals surface area contributed by atoms with Gasteiger partial charge in [-0.3, -0.25) is 9.48 Å². The Morgan fingerprint density at radius 3 is 2.67 bits per heavy atom. The summed E-state index contributed by atoms with van der Waals surface area (Å²) >= 11 is 0. The summed E-state index contributed by atoms with van der Waals surface area (Å²) in [4.78, 5) is 14.1. The number of hydrogen-bond donors (Lipinski definition) is 2. The Kier molecular flexibility index (Phi) is 4.16.